The maximum Gasteiger partial charge on any atom is 3.00 e. The molecule has 4 radical (unpaired) electrons. The molecule has 0 aliphatic carbocycles. The summed E-state index contributed by atoms with van der Waals surface area (Å²) in [5.74, 6) is 0. The Balaban J connectivity index is -0.0000000383. The normalized spacial score (nSPS) is 7.55. The van der Waals surface area contributed by atoms with Gasteiger partial charge in [0.15, 0.2) is 0 Å². The summed E-state index contributed by atoms with van der Waals surface area (Å²) in [6.45, 7) is 0. The Bertz CT molecular complexity index is 114. The van der Waals surface area contributed by atoms with Crippen LogP contribution in [0.5, 0.6) is 0 Å². The summed E-state index contributed by atoms with van der Waals surface area (Å²) in [6, 6.07) is 0. The molecular weight excluding hydrogens is 202 g/mol. The van der Waals surface area contributed by atoms with Crippen LogP contribution in [0.15, 0.2) is 0 Å². The molecule has 0 spiro atoms. The molecule has 0 fully saturated rings. The molecule has 0 rings (SSSR count). The molecule has 60 valence electrons. The third-order valence-corrected chi connectivity index (χ3v) is 0. The van der Waals surface area contributed by atoms with Crippen molar-refractivity contribution < 1.29 is 29.5 Å². The molecule has 0 aromatic rings. The predicted octanol–water partition coefficient (Wildman–Crippen LogP) is -0.896. The van der Waals surface area contributed by atoms with Gasteiger partial charge < -0.3 is 19.9 Å². The van der Waals surface area contributed by atoms with E-state index in [2.05, 4.69) is 0 Å². The SMILES string of the molecule is O=P(O)(O)O.O=[N+]([O-])O.[N+3].[P+3]. The zero-order valence-electron chi connectivity index (χ0n) is 4.80. The first kappa shape index (κ1) is 22.4. The minimum atomic E-state index is -4.64. The van der Waals surface area contributed by atoms with Gasteiger partial charge in [-0.15, -0.1) is 10.1 Å². The second-order valence-electron chi connectivity index (χ2n) is 0.751. The van der Waals surface area contributed by atoms with Crippen molar-refractivity contribution in [3.05, 3.63) is 10.1 Å². The van der Waals surface area contributed by atoms with Crippen LogP contribution in [0.2, 0.25) is 0 Å². The van der Waals surface area contributed by atoms with Gasteiger partial charge in [0.1, 0.15) is 0 Å². The van der Waals surface area contributed by atoms with Crippen molar-refractivity contribution in [2.45, 2.75) is 0 Å². The fraction of sp³-hybridized carbons (Fsp3) is 0. The molecule has 0 aliphatic heterocycles. The van der Waals surface area contributed by atoms with Gasteiger partial charge >= 0.3 is 23.9 Å². The van der Waals surface area contributed by atoms with Crippen molar-refractivity contribution in [1.29, 1.82) is 0 Å². The topological polar surface area (TPSA) is 172 Å². The van der Waals surface area contributed by atoms with E-state index >= 15 is 0 Å². The summed E-state index contributed by atoms with van der Waals surface area (Å²) in [7, 11) is -4.64. The minimum absolute atomic E-state index is 0. The quantitative estimate of drug-likeness (QED) is 0.226. The second-order valence-corrected chi connectivity index (χ2v) is 1.78. The summed E-state index contributed by atoms with van der Waals surface area (Å²) >= 11 is 0. The maximum absolute atomic E-state index is 8.88. The minimum Gasteiger partial charge on any atom is -0.328 e. The summed E-state index contributed by atoms with van der Waals surface area (Å²) in [4.78, 5) is 29.9. The summed E-state index contributed by atoms with van der Waals surface area (Å²) in [6.07, 6.45) is 0. The van der Waals surface area contributed by atoms with E-state index in [0.717, 1.165) is 0 Å². The molecule has 9 nitrogen and oxygen atoms in total. The Morgan fingerprint density at radius 1 is 1.27 bits per heavy atom. The van der Waals surface area contributed by atoms with Crippen LogP contribution in [0.25, 0.3) is 0 Å². The Labute approximate surface area is 64.6 Å². The molecule has 0 aliphatic rings. The Hall–Kier alpha value is -0.550. The van der Waals surface area contributed by atoms with E-state index in [1.165, 1.54) is 0 Å². The van der Waals surface area contributed by atoms with Crippen LogP contribution in [0.4, 0.5) is 0 Å². The van der Waals surface area contributed by atoms with Gasteiger partial charge in [-0.2, -0.15) is 0 Å². The number of hydrogen-bond acceptors (Lipinski definition) is 3. The zero-order chi connectivity index (χ0) is 8.08. The van der Waals surface area contributed by atoms with Crippen LogP contribution in [0.1, 0.15) is 0 Å². The van der Waals surface area contributed by atoms with Gasteiger partial charge in [0, 0.05) is 0 Å². The van der Waals surface area contributed by atoms with Crippen LogP contribution in [-0.4, -0.2) is 25.0 Å². The molecule has 0 atom stereocenters. The Morgan fingerprint density at radius 3 is 1.27 bits per heavy atom. The van der Waals surface area contributed by atoms with Gasteiger partial charge in [-0.05, 0) is 0 Å². The van der Waals surface area contributed by atoms with Crippen molar-refractivity contribution in [2.75, 3.05) is 0 Å². The van der Waals surface area contributed by atoms with Crippen molar-refractivity contribution in [2.24, 2.45) is 0 Å². The maximum atomic E-state index is 8.88. The third-order valence-electron chi connectivity index (χ3n) is 0. The van der Waals surface area contributed by atoms with Gasteiger partial charge in [0.25, 0.3) is 5.09 Å². The first-order valence-electron chi connectivity index (χ1n) is 1.35. The average molecular weight is 206 g/mol. The number of hydrogen-bond donors (Lipinski definition) is 4. The van der Waals surface area contributed by atoms with E-state index in [-0.39, 0.29) is 16.0 Å². The van der Waals surface area contributed by atoms with Crippen molar-refractivity contribution in [3.8, 4) is 0 Å². The zero-order valence-corrected chi connectivity index (χ0v) is 6.59. The molecule has 0 amide bonds. The van der Waals surface area contributed by atoms with Gasteiger partial charge in [-0.3, -0.25) is 0 Å². The first-order chi connectivity index (χ1) is 3.73. The van der Waals surface area contributed by atoms with E-state index in [0.29, 0.717) is 0 Å². The molecule has 0 bridgehead atoms. The van der Waals surface area contributed by atoms with Crippen molar-refractivity contribution in [3.63, 3.8) is 0 Å². The van der Waals surface area contributed by atoms with Crippen LogP contribution in [0.3, 0.4) is 0 Å². The summed E-state index contributed by atoms with van der Waals surface area (Å²) in [5, 5.41) is 13.6. The summed E-state index contributed by atoms with van der Waals surface area (Å²) in [5.41, 5.74) is 0. The van der Waals surface area contributed by atoms with E-state index in [1.54, 1.807) is 0 Å². The van der Waals surface area contributed by atoms with Gasteiger partial charge in [-0.1, -0.05) is 0 Å². The van der Waals surface area contributed by atoms with Crippen LogP contribution >= 0.6 is 17.7 Å². The fourth-order valence-electron chi connectivity index (χ4n) is 0. The number of phosphoric acid groups is 1. The number of nitrogens with zero attached hydrogens (tertiary/aromatic N) is 2. The molecule has 0 unspecified atom stereocenters. The fourth-order valence-corrected chi connectivity index (χ4v) is 0. The van der Waals surface area contributed by atoms with E-state index < -0.39 is 12.9 Å². The van der Waals surface area contributed by atoms with Crippen molar-refractivity contribution in [1.82, 2.24) is 6.15 Å². The Kier molecular flexibility index (Phi) is 19.3. The largest absolute Gasteiger partial charge is 3.00 e. The second kappa shape index (κ2) is 9.45. The average Bonchev–Trinajstić information content (AvgIpc) is 1.19. The molecule has 11 heavy (non-hydrogen) atoms. The van der Waals surface area contributed by atoms with Crippen molar-refractivity contribution >= 4 is 17.7 Å². The van der Waals surface area contributed by atoms with Gasteiger partial charge in [0.05, 0.1) is 0 Å². The monoisotopic (exact) mass is 206 g/mol. The molecule has 0 aromatic carbocycles. The molecule has 0 aromatic heterocycles. The van der Waals surface area contributed by atoms with Gasteiger partial charge in [-0.25, -0.2) is 4.57 Å². The van der Waals surface area contributed by atoms with E-state index in [4.69, 9.17) is 34.6 Å². The molecule has 0 heterocycles. The first-order valence-corrected chi connectivity index (χ1v) is 2.91. The van der Waals surface area contributed by atoms with Crippen LogP contribution < -0.4 is 6.15 Å². The van der Waals surface area contributed by atoms with Crippen LogP contribution in [-0.2, 0) is 4.57 Å². The summed E-state index contributed by atoms with van der Waals surface area (Å²) < 4.78 is 8.88. The Morgan fingerprint density at radius 2 is 1.27 bits per heavy atom. The number of rotatable bonds is 0. The molecule has 0 saturated carbocycles. The van der Waals surface area contributed by atoms with E-state index in [9.17, 15) is 0 Å². The molecule has 4 N–H and O–H groups in total. The standard InChI is InChI=1S/HNO3.N.H3O4P.P/c2-1(3)4;;1-5(2,3)4;/h(H,2,3,4);;(H3,1,2,3,4);/q;+3;;+3. The third kappa shape index (κ3) is 1730. The molecule has 11 heteroatoms. The molecule has 0 saturated heterocycles. The van der Waals surface area contributed by atoms with Gasteiger partial charge in [0.2, 0.25) is 0 Å². The van der Waals surface area contributed by atoms with Crippen LogP contribution in [0, 0.1) is 10.1 Å². The van der Waals surface area contributed by atoms with E-state index in [1.807, 2.05) is 0 Å². The smallest absolute Gasteiger partial charge is 0.328 e. The predicted molar refractivity (Wildman–Crippen MR) is 32.1 cm³/mol. The molecular formula is H4N2O7P2+6.